The summed E-state index contributed by atoms with van der Waals surface area (Å²) in [6.45, 7) is 0.177. The Kier molecular flexibility index (Phi) is 3.50. The molecule has 0 aliphatic heterocycles. The lowest BCUT2D eigenvalue weighted by atomic mass is 10.1. The normalized spacial score (nSPS) is 10.8. The first-order valence-electron chi connectivity index (χ1n) is 6.66. The SMILES string of the molecule is Cn1cc(C(=O)NCc2ccco2)c(=O)c2cccc(F)c21. The third kappa shape index (κ3) is 2.39. The summed E-state index contributed by atoms with van der Waals surface area (Å²) in [4.78, 5) is 24.6. The van der Waals surface area contributed by atoms with Crippen LogP contribution in [0.4, 0.5) is 4.39 Å². The van der Waals surface area contributed by atoms with Gasteiger partial charge in [0, 0.05) is 18.6 Å². The molecular weight excluding hydrogens is 287 g/mol. The van der Waals surface area contributed by atoms with E-state index in [-0.39, 0.29) is 23.0 Å². The number of furan rings is 1. The summed E-state index contributed by atoms with van der Waals surface area (Å²) in [5.74, 6) is -0.445. The first-order chi connectivity index (χ1) is 10.6. The minimum absolute atomic E-state index is 0.0350. The van der Waals surface area contributed by atoms with E-state index < -0.39 is 17.2 Å². The van der Waals surface area contributed by atoms with Crippen LogP contribution in [-0.4, -0.2) is 10.5 Å². The van der Waals surface area contributed by atoms with Crippen molar-refractivity contribution in [3.63, 3.8) is 0 Å². The second-order valence-corrected chi connectivity index (χ2v) is 4.88. The predicted molar refractivity (Wildman–Crippen MR) is 79.0 cm³/mol. The van der Waals surface area contributed by atoms with E-state index in [1.54, 1.807) is 19.2 Å². The van der Waals surface area contributed by atoms with Crippen molar-refractivity contribution >= 4 is 16.8 Å². The maximum atomic E-state index is 13.8. The van der Waals surface area contributed by atoms with E-state index in [0.29, 0.717) is 5.76 Å². The summed E-state index contributed by atoms with van der Waals surface area (Å²) >= 11 is 0. The minimum Gasteiger partial charge on any atom is -0.467 e. The number of nitrogens with one attached hydrogen (secondary N) is 1. The monoisotopic (exact) mass is 300 g/mol. The van der Waals surface area contributed by atoms with Crippen molar-refractivity contribution in [3.8, 4) is 0 Å². The van der Waals surface area contributed by atoms with Crippen molar-refractivity contribution in [2.75, 3.05) is 0 Å². The predicted octanol–water partition coefficient (Wildman–Crippen LogP) is 2.20. The van der Waals surface area contributed by atoms with E-state index in [2.05, 4.69) is 5.32 Å². The Morgan fingerprint density at radius 2 is 2.14 bits per heavy atom. The fraction of sp³-hybridized carbons (Fsp3) is 0.125. The van der Waals surface area contributed by atoms with E-state index in [1.165, 1.54) is 35.2 Å². The van der Waals surface area contributed by atoms with Gasteiger partial charge < -0.3 is 14.3 Å². The van der Waals surface area contributed by atoms with Crippen LogP contribution in [0.1, 0.15) is 16.1 Å². The number of fused-ring (bicyclic) bond motifs is 1. The van der Waals surface area contributed by atoms with Crippen molar-refractivity contribution in [2.24, 2.45) is 7.05 Å². The van der Waals surface area contributed by atoms with Crippen molar-refractivity contribution < 1.29 is 13.6 Å². The first-order valence-corrected chi connectivity index (χ1v) is 6.66. The molecule has 0 saturated carbocycles. The molecule has 1 N–H and O–H groups in total. The van der Waals surface area contributed by atoms with Crippen LogP contribution in [0.3, 0.4) is 0 Å². The molecule has 2 aromatic heterocycles. The summed E-state index contributed by atoms with van der Waals surface area (Å²) in [7, 11) is 1.59. The number of aryl methyl sites for hydroxylation is 1. The summed E-state index contributed by atoms with van der Waals surface area (Å²) in [5, 5.41) is 2.78. The Hall–Kier alpha value is -2.89. The van der Waals surface area contributed by atoms with Crippen LogP contribution < -0.4 is 10.7 Å². The largest absolute Gasteiger partial charge is 0.467 e. The quantitative estimate of drug-likeness (QED) is 0.806. The molecule has 5 nitrogen and oxygen atoms in total. The molecule has 3 aromatic rings. The van der Waals surface area contributed by atoms with Crippen LogP contribution in [0.5, 0.6) is 0 Å². The van der Waals surface area contributed by atoms with E-state index >= 15 is 0 Å². The topological polar surface area (TPSA) is 64.2 Å². The second-order valence-electron chi connectivity index (χ2n) is 4.88. The van der Waals surface area contributed by atoms with Gasteiger partial charge in [0.05, 0.1) is 18.3 Å². The molecule has 0 aliphatic carbocycles. The summed E-state index contributed by atoms with van der Waals surface area (Å²) < 4.78 is 20.4. The highest BCUT2D eigenvalue weighted by molar-refractivity contribution is 5.97. The van der Waals surface area contributed by atoms with Gasteiger partial charge in [0.1, 0.15) is 17.1 Å². The zero-order valence-electron chi connectivity index (χ0n) is 11.8. The molecule has 0 spiro atoms. The molecule has 2 heterocycles. The molecule has 0 radical (unpaired) electrons. The number of pyridine rings is 1. The van der Waals surface area contributed by atoms with Gasteiger partial charge in [-0.15, -0.1) is 0 Å². The highest BCUT2D eigenvalue weighted by Gasteiger charge is 2.16. The maximum Gasteiger partial charge on any atom is 0.257 e. The molecule has 0 saturated heterocycles. The lowest BCUT2D eigenvalue weighted by Crippen LogP contribution is -2.29. The highest BCUT2D eigenvalue weighted by Crippen LogP contribution is 2.14. The number of carbonyl (C=O) groups is 1. The van der Waals surface area contributed by atoms with Gasteiger partial charge in [-0.25, -0.2) is 4.39 Å². The van der Waals surface area contributed by atoms with Crippen molar-refractivity contribution in [2.45, 2.75) is 6.54 Å². The Morgan fingerprint density at radius 1 is 1.32 bits per heavy atom. The lowest BCUT2D eigenvalue weighted by molar-refractivity contribution is 0.0946. The third-order valence-corrected chi connectivity index (χ3v) is 3.40. The number of nitrogens with zero attached hydrogens (tertiary/aromatic N) is 1. The maximum absolute atomic E-state index is 13.8. The molecule has 0 unspecified atom stereocenters. The molecule has 112 valence electrons. The molecule has 0 bridgehead atoms. The van der Waals surface area contributed by atoms with Gasteiger partial charge in [-0.2, -0.15) is 0 Å². The molecule has 1 aromatic carbocycles. The van der Waals surface area contributed by atoms with Crippen LogP contribution >= 0.6 is 0 Å². The summed E-state index contributed by atoms with van der Waals surface area (Å²) in [6, 6.07) is 7.65. The summed E-state index contributed by atoms with van der Waals surface area (Å²) in [6.07, 6.45) is 2.84. The van der Waals surface area contributed by atoms with Crippen molar-refractivity contribution in [1.29, 1.82) is 0 Å². The molecule has 0 fully saturated rings. The van der Waals surface area contributed by atoms with Gasteiger partial charge >= 0.3 is 0 Å². The molecule has 0 aliphatic rings. The Labute approximate surface area is 125 Å². The first kappa shape index (κ1) is 14.1. The highest BCUT2D eigenvalue weighted by atomic mass is 19.1. The van der Waals surface area contributed by atoms with Crippen LogP contribution in [-0.2, 0) is 13.6 Å². The van der Waals surface area contributed by atoms with Crippen molar-refractivity contribution in [1.82, 2.24) is 9.88 Å². The zero-order chi connectivity index (χ0) is 15.7. The average molecular weight is 300 g/mol. The molecular formula is C16H13FN2O3. The van der Waals surface area contributed by atoms with Gasteiger partial charge in [0.25, 0.3) is 5.91 Å². The molecule has 22 heavy (non-hydrogen) atoms. The van der Waals surface area contributed by atoms with Gasteiger partial charge in [0.15, 0.2) is 0 Å². The standard InChI is InChI=1S/C16H13FN2O3/c1-19-9-12(16(21)18-8-10-4-3-7-22-10)15(20)11-5-2-6-13(17)14(11)19/h2-7,9H,8H2,1H3,(H,18,21). The van der Waals surface area contributed by atoms with Gasteiger partial charge in [-0.05, 0) is 24.3 Å². The average Bonchev–Trinajstić information content (AvgIpc) is 3.01. The number of halogens is 1. The van der Waals surface area contributed by atoms with Crippen LogP contribution in [0.2, 0.25) is 0 Å². The molecule has 0 atom stereocenters. The Morgan fingerprint density at radius 3 is 2.86 bits per heavy atom. The second kappa shape index (κ2) is 5.48. The number of amides is 1. The number of hydrogen-bond acceptors (Lipinski definition) is 3. The Bertz CT molecular complexity index is 898. The van der Waals surface area contributed by atoms with Gasteiger partial charge in [-0.1, -0.05) is 6.07 Å². The Balaban J connectivity index is 1.99. The number of carbonyl (C=O) groups excluding carboxylic acids is 1. The summed E-state index contributed by atoms with van der Waals surface area (Å²) in [5.41, 5.74) is -0.355. The lowest BCUT2D eigenvalue weighted by Gasteiger charge is -2.09. The van der Waals surface area contributed by atoms with Gasteiger partial charge in [-0.3, -0.25) is 9.59 Å². The smallest absolute Gasteiger partial charge is 0.257 e. The van der Waals surface area contributed by atoms with Crippen LogP contribution in [0.25, 0.3) is 10.9 Å². The molecule has 3 rings (SSSR count). The fourth-order valence-corrected chi connectivity index (χ4v) is 2.36. The number of para-hydroxylation sites is 1. The third-order valence-electron chi connectivity index (χ3n) is 3.40. The number of aromatic nitrogens is 1. The number of rotatable bonds is 3. The number of benzene rings is 1. The van der Waals surface area contributed by atoms with Crippen molar-refractivity contribution in [3.05, 3.63) is 70.2 Å². The molecule has 6 heteroatoms. The molecule has 1 amide bonds. The van der Waals surface area contributed by atoms with Gasteiger partial charge in [0.2, 0.25) is 5.43 Å². The fourth-order valence-electron chi connectivity index (χ4n) is 2.36. The van der Waals surface area contributed by atoms with E-state index in [4.69, 9.17) is 4.42 Å². The number of hydrogen-bond donors (Lipinski definition) is 1. The van der Waals surface area contributed by atoms with Crippen LogP contribution in [0.15, 0.2) is 52.0 Å². The van der Waals surface area contributed by atoms with E-state index in [0.717, 1.165) is 0 Å². The van der Waals surface area contributed by atoms with E-state index in [1.807, 2.05) is 0 Å². The van der Waals surface area contributed by atoms with E-state index in [9.17, 15) is 14.0 Å². The minimum atomic E-state index is -0.525. The van der Waals surface area contributed by atoms with Crippen LogP contribution in [0, 0.1) is 5.82 Å². The zero-order valence-corrected chi connectivity index (χ0v) is 11.8.